The molecule has 0 radical (unpaired) electrons. The smallest absolute Gasteiger partial charge is 0.358 e. The lowest BCUT2D eigenvalue weighted by atomic mass is 10.3. The molecule has 2 heterocycles. The van der Waals surface area contributed by atoms with Gasteiger partial charge >= 0.3 is 5.97 Å². The predicted octanol–water partition coefficient (Wildman–Crippen LogP) is 2.12. The number of aryl methyl sites for hydroxylation is 1. The van der Waals surface area contributed by atoms with E-state index in [-0.39, 0.29) is 16.6 Å². The first kappa shape index (κ1) is 15.7. The molecule has 0 N–H and O–H groups in total. The van der Waals surface area contributed by atoms with Crippen molar-refractivity contribution in [3.63, 3.8) is 0 Å². The monoisotopic (exact) mass is 337 g/mol. The molecule has 2 aromatic heterocycles. The Morgan fingerprint density at radius 3 is 2.70 bits per heavy atom. The lowest BCUT2D eigenvalue weighted by Crippen LogP contribution is -2.22. The average Bonchev–Trinajstić information content (AvgIpc) is 3.31. The Hall–Kier alpha value is -2.22. The van der Waals surface area contributed by atoms with Gasteiger partial charge in [0.05, 0.1) is 13.7 Å². The molecule has 0 aliphatic heterocycles. The number of anilines is 1. The fourth-order valence-electron chi connectivity index (χ4n) is 2.15. The van der Waals surface area contributed by atoms with E-state index in [2.05, 4.69) is 20.3 Å². The summed E-state index contributed by atoms with van der Waals surface area (Å²) in [6.07, 6.45) is 2.02. The van der Waals surface area contributed by atoms with Crippen LogP contribution in [0.3, 0.4) is 0 Å². The van der Waals surface area contributed by atoms with Crippen molar-refractivity contribution in [1.82, 2.24) is 20.3 Å². The molecule has 0 atom stereocenters. The van der Waals surface area contributed by atoms with Crippen molar-refractivity contribution in [3.05, 3.63) is 27.9 Å². The molecule has 1 aliphatic rings. The number of aromatic nitrogens is 4. The fourth-order valence-corrected chi connectivity index (χ4v) is 2.46. The fraction of sp³-hybridized carbons (Fsp3) is 0.500. The van der Waals surface area contributed by atoms with Gasteiger partial charge in [0.25, 0.3) is 0 Å². The van der Waals surface area contributed by atoms with Crippen LogP contribution in [0.25, 0.3) is 0 Å². The Bertz CT molecular complexity index is 744. The molecular weight excluding hydrogens is 322 g/mol. The van der Waals surface area contributed by atoms with Crippen LogP contribution in [0.2, 0.25) is 5.02 Å². The molecule has 0 saturated heterocycles. The van der Waals surface area contributed by atoms with Gasteiger partial charge in [-0.25, -0.2) is 19.4 Å². The summed E-state index contributed by atoms with van der Waals surface area (Å²) < 4.78 is 9.46. The van der Waals surface area contributed by atoms with E-state index in [0.717, 1.165) is 12.8 Å². The Kier molecular flexibility index (Phi) is 4.16. The topological polar surface area (TPSA) is 94.2 Å². The third-order valence-corrected chi connectivity index (χ3v) is 4.02. The third kappa shape index (κ3) is 3.12. The van der Waals surface area contributed by atoms with Crippen molar-refractivity contribution in [2.24, 2.45) is 0 Å². The molecule has 1 saturated carbocycles. The van der Waals surface area contributed by atoms with Gasteiger partial charge in [0.2, 0.25) is 0 Å². The Morgan fingerprint density at radius 2 is 2.13 bits per heavy atom. The summed E-state index contributed by atoms with van der Waals surface area (Å²) in [5, 5.41) is 7.76. The number of hydrogen-bond acceptors (Lipinski definition) is 8. The van der Waals surface area contributed by atoms with Crippen molar-refractivity contribution in [1.29, 1.82) is 0 Å². The SMILES string of the molecule is COC(=O)c1nc(C2CC2)nc(N(C)Cc2nonc2C)c1Cl. The zero-order valence-electron chi connectivity index (χ0n) is 13.0. The lowest BCUT2D eigenvalue weighted by molar-refractivity contribution is 0.0593. The normalized spacial score (nSPS) is 13.9. The first-order valence-corrected chi connectivity index (χ1v) is 7.54. The first-order chi connectivity index (χ1) is 11.0. The van der Waals surface area contributed by atoms with Crippen LogP contribution >= 0.6 is 11.6 Å². The molecule has 1 aliphatic carbocycles. The molecule has 0 spiro atoms. The van der Waals surface area contributed by atoms with E-state index in [0.29, 0.717) is 29.6 Å². The molecule has 1 fully saturated rings. The number of ether oxygens (including phenoxy) is 1. The summed E-state index contributed by atoms with van der Waals surface area (Å²) in [7, 11) is 3.10. The Morgan fingerprint density at radius 1 is 1.39 bits per heavy atom. The second-order valence-corrected chi connectivity index (χ2v) is 5.86. The number of halogens is 1. The lowest BCUT2D eigenvalue weighted by Gasteiger charge is -2.20. The maximum Gasteiger partial charge on any atom is 0.358 e. The highest BCUT2D eigenvalue weighted by Crippen LogP contribution is 2.40. The van der Waals surface area contributed by atoms with Gasteiger partial charge in [0.15, 0.2) is 11.5 Å². The van der Waals surface area contributed by atoms with Gasteiger partial charge in [-0.2, -0.15) is 0 Å². The van der Waals surface area contributed by atoms with Crippen LogP contribution in [0.1, 0.15) is 46.5 Å². The molecular formula is C14H16ClN5O3. The number of esters is 1. The van der Waals surface area contributed by atoms with Crippen molar-refractivity contribution in [3.8, 4) is 0 Å². The van der Waals surface area contributed by atoms with Crippen LogP contribution in [0.15, 0.2) is 4.63 Å². The van der Waals surface area contributed by atoms with Crippen LogP contribution < -0.4 is 4.90 Å². The van der Waals surface area contributed by atoms with Gasteiger partial charge in [0.1, 0.15) is 22.2 Å². The number of hydrogen-bond donors (Lipinski definition) is 0. The second-order valence-electron chi connectivity index (χ2n) is 5.49. The van der Waals surface area contributed by atoms with Crippen LogP contribution in [0.4, 0.5) is 5.82 Å². The van der Waals surface area contributed by atoms with E-state index in [9.17, 15) is 4.79 Å². The van der Waals surface area contributed by atoms with Gasteiger partial charge < -0.3 is 9.64 Å². The molecule has 9 heteroatoms. The number of carbonyl (C=O) groups is 1. The van der Waals surface area contributed by atoms with Crippen LogP contribution in [-0.2, 0) is 11.3 Å². The van der Waals surface area contributed by atoms with Crippen LogP contribution in [0.5, 0.6) is 0 Å². The highest BCUT2D eigenvalue weighted by atomic mass is 35.5. The van der Waals surface area contributed by atoms with Gasteiger partial charge in [0, 0.05) is 13.0 Å². The maximum atomic E-state index is 11.9. The van der Waals surface area contributed by atoms with Crippen molar-refractivity contribution in [2.45, 2.75) is 32.2 Å². The minimum atomic E-state index is -0.576. The molecule has 0 unspecified atom stereocenters. The highest BCUT2D eigenvalue weighted by Gasteiger charge is 2.31. The van der Waals surface area contributed by atoms with Crippen LogP contribution in [0, 0.1) is 6.92 Å². The predicted molar refractivity (Wildman–Crippen MR) is 81.5 cm³/mol. The molecule has 0 aromatic carbocycles. The van der Waals surface area contributed by atoms with Gasteiger partial charge in [-0.3, -0.25) is 0 Å². The maximum absolute atomic E-state index is 11.9. The van der Waals surface area contributed by atoms with Gasteiger partial charge in [-0.15, -0.1) is 0 Å². The highest BCUT2D eigenvalue weighted by molar-refractivity contribution is 6.35. The minimum Gasteiger partial charge on any atom is -0.464 e. The van der Waals surface area contributed by atoms with Crippen molar-refractivity contribution in [2.75, 3.05) is 19.1 Å². The second kappa shape index (κ2) is 6.11. The van der Waals surface area contributed by atoms with E-state index in [1.165, 1.54) is 7.11 Å². The largest absolute Gasteiger partial charge is 0.464 e. The third-order valence-electron chi connectivity index (χ3n) is 3.67. The van der Waals surface area contributed by atoms with Gasteiger partial charge in [-0.1, -0.05) is 21.9 Å². The average molecular weight is 338 g/mol. The standard InChI is InChI=1S/C14H16ClN5O3/c1-7-9(19-23-18-7)6-20(2)13-10(15)11(14(21)22-3)16-12(17-13)8-4-5-8/h8H,4-6H2,1-3H3. The molecule has 122 valence electrons. The summed E-state index contributed by atoms with van der Waals surface area (Å²) in [5.41, 5.74) is 1.45. The van der Waals surface area contributed by atoms with E-state index in [1.807, 2.05) is 0 Å². The quantitative estimate of drug-likeness (QED) is 0.766. The number of carbonyl (C=O) groups excluding carboxylic acids is 1. The van der Waals surface area contributed by atoms with Gasteiger partial charge in [-0.05, 0) is 19.8 Å². The zero-order chi connectivity index (χ0) is 16.6. The number of nitrogens with zero attached hydrogens (tertiary/aromatic N) is 5. The first-order valence-electron chi connectivity index (χ1n) is 7.16. The molecule has 2 aromatic rings. The van der Waals surface area contributed by atoms with E-state index in [1.54, 1.807) is 18.9 Å². The van der Waals surface area contributed by atoms with Crippen LogP contribution in [-0.4, -0.2) is 40.4 Å². The zero-order valence-corrected chi connectivity index (χ0v) is 13.8. The summed E-state index contributed by atoms with van der Waals surface area (Å²) >= 11 is 6.33. The number of rotatable bonds is 5. The summed E-state index contributed by atoms with van der Waals surface area (Å²) in [5.74, 6) is 0.782. The molecule has 0 amide bonds. The van der Waals surface area contributed by atoms with E-state index >= 15 is 0 Å². The van der Waals surface area contributed by atoms with Crippen molar-refractivity contribution < 1.29 is 14.2 Å². The summed E-state index contributed by atoms with van der Waals surface area (Å²) in [6.45, 7) is 2.20. The summed E-state index contributed by atoms with van der Waals surface area (Å²) in [4.78, 5) is 22.5. The summed E-state index contributed by atoms with van der Waals surface area (Å²) in [6, 6.07) is 0. The molecule has 0 bridgehead atoms. The molecule has 23 heavy (non-hydrogen) atoms. The van der Waals surface area contributed by atoms with E-state index in [4.69, 9.17) is 21.0 Å². The Balaban J connectivity index is 1.97. The van der Waals surface area contributed by atoms with Crippen molar-refractivity contribution >= 4 is 23.4 Å². The minimum absolute atomic E-state index is 0.0860. The molecule has 8 nitrogen and oxygen atoms in total. The van der Waals surface area contributed by atoms with E-state index < -0.39 is 5.97 Å². The molecule has 3 rings (SSSR count). The number of methoxy groups -OCH3 is 1. The Labute approximate surface area is 137 Å².